The third kappa shape index (κ3) is 2.53. The Labute approximate surface area is 109 Å². The summed E-state index contributed by atoms with van der Waals surface area (Å²) in [6.45, 7) is 8.57. The lowest BCUT2D eigenvalue weighted by Crippen LogP contribution is -2.29. The highest BCUT2D eigenvalue weighted by atomic mass is 15.0. The fourth-order valence-electron chi connectivity index (χ4n) is 2.12. The van der Waals surface area contributed by atoms with E-state index in [1.807, 2.05) is 18.3 Å². The largest absolute Gasteiger partial charge is 0.374 e. The van der Waals surface area contributed by atoms with Gasteiger partial charge in [0.2, 0.25) is 0 Å². The standard InChI is InChI=1S/C16H20N2/c1-12-8-7-9-13(2)15(12)18-16(3,4)14-10-5-6-11-17-14/h5-11,18H,1-4H3. The van der Waals surface area contributed by atoms with Gasteiger partial charge in [0.25, 0.3) is 0 Å². The maximum atomic E-state index is 4.44. The Balaban J connectivity index is 2.34. The number of pyridine rings is 1. The third-order valence-electron chi connectivity index (χ3n) is 3.22. The first kappa shape index (κ1) is 12.6. The van der Waals surface area contributed by atoms with Crippen molar-refractivity contribution in [2.24, 2.45) is 0 Å². The molecule has 1 N–H and O–H groups in total. The molecule has 0 fully saturated rings. The second-order valence-corrected chi connectivity index (χ2v) is 5.23. The first-order valence-corrected chi connectivity index (χ1v) is 6.26. The van der Waals surface area contributed by atoms with Crippen LogP contribution in [-0.4, -0.2) is 4.98 Å². The molecule has 0 aliphatic carbocycles. The third-order valence-corrected chi connectivity index (χ3v) is 3.22. The minimum absolute atomic E-state index is 0.182. The lowest BCUT2D eigenvalue weighted by Gasteiger charge is -2.29. The molecule has 1 aromatic carbocycles. The summed E-state index contributed by atoms with van der Waals surface area (Å²) in [6, 6.07) is 12.4. The van der Waals surface area contributed by atoms with Crippen LogP contribution in [0.1, 0.15) is 30.7 Å². The maximum absolute atomic E-state index is 4.44. The van der Waals surface area contributed by atoms with Gasteiger partial charge >= 0.3 is 0 Å². The van der Waals surface area contributed by atoms with Crippen LogP contribution < -0.4 is 5.32 Å². The lowest BCUT2D eigenvalue weighted by atomic mass is 9.97. The summed E-state index contributed by atoms with van der Waals surface area (Å²) in [4.78, 5) is 4.44. The van der Waals surface area contributed by atoms with E-state index in [1.165, 1.54) is 16.8 Å². The van der Waals surface area contributed by atoms with Gasteiger partial charge in [-0.25, -0.2) is 0 Å². The van der Waals surface area contributed by atoms with Crippen LogP contribution in [-0.2, 0) is 5.54 Å². The highest BCUT2D eigenvalue weighted by Gasteiger charge is 2.22. The number of nitrogens with one attached hydrogen (secondary N) is 1. The number of hydrogen-bond acceptors (Lipinski definition) is 2. The van der Waals surface area contributed by atoms with Gasteiger partial charge < -0.3 is 5.32 Å². The second-order valence-electron chi connectivity index (χ2n) is 5.23. The van der Waals surface area contributed by atoms with Crippen LogP contribution in [0.25, 0.3) is 0 Å². The zero-order valence-electron chi connectivity index (χ0n) is 11.5. The van der Waals surface area contributed by atoms with Gasteiger partial charge in [0.15, 0.2) is 0 Å². The Morgan fingerprint density at radius 2 is 1.61 bits per heavy atom. The van der Waals surface area contributed by atoms with Crippen LogP contribution in [0.2, 0.25) is 0 Å². The highest BCUT2D eigenvalue weighted by Crippen LogP contribution is 2.28. The zero-order valence-corrected chi connectivity index (χ0v) is 11.5. The Morgan fingerprint density at radius 1 is 0.944 bits per heavy atom. The summed E-state index contributed by atoms with van der Waals surface area (Å²) in [7, 11) is 0. The van der Waals surface area contributed by atoms with Crippen molar-refractivity contribution in [2.45, 2.75) is 33.2 Å². The van der Waals surface area contributed by atoms with E-state index in [1.54, 1.807) is 0 Å². The van der Waals surface area contributed by atoms with Gasteiger partial charge in [0.1, 0.15) is 0 Å². The topological polar surface area (TPSA) is 24.9 Å². The molecular formula is C16H20N2. The van der Waals surface area contributed by atoms with Crippen molar-refractivity contribution >= 4 is 5.69 Å². The monoisotopic (exact) mass is 240 g/mol. The van der Waals surface area contributed by atoms with Crippen molar-refractivity contribution in [1.29, 1.82) is 0 Å². The number of aryl methyl sites for hydroxylation is 2. The van der Waals surface area contributed by atoms with Crippen molar-refractivity contribution in [2.75, 3.05) is 5.32 Å². The fourth-order valence-corrected chi connectivity index (χ4v) is 2.12. The Bertz CT molecular complexity index is 510. The molecule has 0 aliphatic rings. The van der Waals surface area contributed by atoms with Crippen molar-refractivity contribution in [3.8, 4) is 0 Å². The summed E-state index contributed by atoms with van der Waals surface area (Å²) in [5, 5.41) is 3.61. The molecular weight excluding hydrogens is 220 g/mol. The number of nitrogens with zero attached hydrogens (tertiary/aromatic N) is 1. The van der Waals surface area contributed by atoms with E-state index in [2.05, 4.69) is 62.3 Å². The van der Waals surface area contributed by atoms with Gasteiger partial charge in [0, 0.05) is 11.9 Å². The van der Waals surface area contributed by atoms with E-state index in [-0.39, 0.29) is 5.54 Å². The molecule has 0 spiro atoms. The fraction of sp³-hybridized carbons (Fsp3) is 0.312. The first-order valence-electron chi connectivity index (χ1n) is 6.26. The van der Waals surface area contributed by atoms with Crippen LogP contribution in [0.3, 0.4) is 0 Å². The normalized spacial score (nSPS) is 11.3. The minimum atomic E-state index is -0.182. The van der Waals surface area contributed by atoms with Crippen molar-refractivity contribution in [1.82, 2.24) is 4.98 Å². The Hall–Kier alpha value is -1.83. The summed E-state index contributed by atoms with van der Waals surface area (Å²) in [5.41, 5.74) is 4.59. The van der Waals surface area contributed by atoms with E-state index < -0.39 is 0 Å². The summed E-state index contributed by atoms with van der Waals surface area (Å²) in [5.74, 6) is 0. The molecule has 18 heavy (non-hydrogen) atoms. The maximum Gasteiger partial charge on any atom is 0.0739 e. The number of benzene rings is 1. The van der Waals surface area contributed by atoms with E-state index in [0.29, 0.717) is 0 Å². The molecule has 0 saturated carbocycles. The molecule has 0 aliphatic heterocycles. The number of para-hydroxylation sites is 1. The molecule has 0 bridgehead atoms. The second kappa shape index (κ2) is 4.81. The van der Waals surface area contributed by atoms with Crippen LogP contribution in [0.5, 0.6) is 0 Å². The predicted octanol–water partition coefficient (Wildman–Crippen LogP) is 4.05. The van der Waals surface area contributed by atoms with Gasteiger partial charge in [0.05, 0.1) is 11.2 Å². The average molecular weight is 240 g/mol. The number of hydrogen-bond donors (Lipinski definition) is 1. The van der Waals surface area contributed by atoms with E-state index in [4.69, 9.17) is 0 Å². The van der Waals surface area contributed by atoms with Gasteiger partial charge in [-0.15, -0.1) is 0 Å². The molecule has 2 aromatic rings. The van der Waals surface area contributed by atoms with E-state index in [0.717, 1.165) is 5.69 Å². The minimum Gasteiger partial charge on any atom is -0.374 e. The summed E-state index contributed by atoms with van der Waals surface area (Å²) >= 11 is 0. The first-order chi connectivity index (χ1) is 8.50. The van der Waals surface area contributed by atoms with E-state index >= 15 is 0 Å². The molecule has 0 amide bonds. The molecule has 1 heterocycles. The summed E-state index contributed by atoms with van der Waals surface area (Å²) < 4.78 is 0. The highest BCUT2D eigenvalue weighted by molar-refractivity contribution is 5.58. The molecule has 2 rings (SSSR count). The van der Waals surface area contributed by atoms with Crippen LogP contribution in [0.4, 0.5) is 5.69 Å². The molecule has 0 saturated heterocycles. The molecule has 0 atom stereocenters. The number of rotatable bonds is 3. The van der Waals surface area contributed by atoms with Gasteiger partial charge in [-0.2, -0.15) is 0 Å². The number of anilines is 1. The molecule has 2 nitrogen and oxygen atoms in total. The Kier molecular flexibility index (Phi) is 3.37. The summed E-state index contributed by atoms with van der Waals surface area (Å²) in [6.07, 6.45) is 1.84. The average Bonchev–Trinajstić information content (AvgIpc) is 2.35. The molecule has 2 heteroatoms. The van der Waals surface area contributed by atoms with Crippen LogP contribution >= 0.6 is 0 Å². The van der Waals surface area contributed by atoms with Crippen LogP contribution in [0, 0.1) is 13.8 Å². The number of aromatic nitrogens is 1. The zero-order chi connectivity index (χ0) is 13.2. The predicted molar refractivity (Wildman–Crippen MR) is 76.8 cm³/mol. The van der Waals surface area contributed by atoms with Crippen molar-refractivity contribution in [3.05, 3.63) is 59.4 Å². The van der Waals surface area contributed by atoms with Crippen molar-refractivity contribution in [3.63, 3.8) is 0 Å². The molecule has 0 radical (unpaired) electrons. The molecule has 1 aromatic heterocycles. The smallest absolute Gasteiger partial charge is 0.0739 e. The van der Waals surface area contributed by atoms with Crippen molar-refractivity contribution < 1.29 is 0 Å². The Morgan fingerprint density at radius 3 is 2.17 bits per heavy atom. The van der Waals surface area contributed by atoms with Crippen LogP contribution in [0.15, 0.2) is 42.6 Å². The molecule has 94 valence electrons. The molecule has 0 unspecified atom stereocenters. The SMILES string of the molecule is Cc1cccc(C)c1NC(C)(C)c1ccccn1. The van der Waals surface area contributed by atoms with Gasteiger partial charge in [-0.05, 0) is 51.0 Å². The van der Waals surface area contributed by atoms with Gasteiger partial charge in [-0.1, -0.05) is 24.3 Å². The van der Waals surface area contributed by atoms with Gasteiger partial charge in [-0.3, -0.25) is 4.98 Å². The quantitative estimate of drug-likeness (QED) is 0.875. The lowest BCUT2D eigenvalue weighted by molar-refractivity contribution is 0.586. The van der Waals surface area contributed by atoms with E-state index in [9.17, 15) is 0 Å².